The van der Waals surface area contributed by atoms with E-state index in [1.54, 1.807) is 7.05 Å². The second kappa shape index (κ2) is 16.8. The summed E-state index contributed by atoms with van der Waals surface area (Å²) >= 11 is 0. The average molecular weight is 471 g/mol. The molecule has 0 saturated carbocycles. The number of hydrogen-bond acceptors (Lipinski definition) is 5. The van der Waals surface area contributed by atoms with Gasteiger partial charge < -0.3 is 24.8 Å². The van der Waals surface area contributed by atoms with Crippen molar-refractivity contribution in [2.75, 3.05) is 53.2 Å². The van der Waals surface area contributed by atoms with Gasteiger partial charge in [0.25, 0.3) is 0 Å². The Kier molecular flexibility index (Phi) is 16.4. The van der Waals surface area contributed by atoms with Crippen molar-refractivity contribution < 1.29 is 19.0 Å². The lowest BCUT2D eigenvalue weighted by atomic mass is 10.0. The van der Waals surface area contributed by atoms with Crippen LogP contribution in [0.4, 0.5) is 0 Å². The Morgan fingerprint density at radius 1 is 1.20 bits per heavy atom. The molecule has 0 bridgehead atoms. The highest BCUT2D eigenvalue weighted by atomic mass is 127. The zero-order chi connectivity index (χ0) is 17.5. The number of carbonyl (C=O) groups is 1. The summed E-state index contributed by atoms with van der Waals surface area (Å²) < 4.78 is 16.0. The van der Waals surface area contributed by atoms with Crippen molar-refractivity contribution in [2.45, 2.75) is 39.0 Å². The molecule has 0 spiro atoms. The highest BCUT2D eigenvalue weighted by molar-refractivity contribution is 14.0. The summed E-state index contributed by atoms with van der Waals surface area (Å²) in [6, 6.07) is 0. The van der Waals surface area contributed by atoms with Crippen LogP contribution in [-0.2, 0) is 19.0 Å². The Balaban J connectivity index is 0.00000576. The highest BCUT2D eigenvalue weighted by Gasteiger charge is 2.13. The second-order valence-corrected chi connectivity index (χ2v) is 5.82. The maximum absolute atomic E-state index is 11.2. The number of aliphatic imine (C=N–C) groups is 1. The third-order valence-electron chi connectivity index (χ3n) is 3.83. The number of guanidine groups is 1. The van der Waals surface area contributed by atoms with E-state index >= 15 is 0 Å². The van der Waals surface area contributed by atoms with Gasteiger partial charge in [0.1, 0.15) is 0 Å². The first-order chi connectivity index (χ1) is 11.8. The first-order valence-electron chi connectivity index (χ1n) is 9.01. The average Bonchev–Trinajstić information content (AvgIpc) is 2.60. The molecule has 2 N–H and O–H groups in total. The first kappa shape index (κ1) is 24.4. The number of ether oxygens (including phenoxy) is 3. The number of halogens is 1. The molecule has 25 heavy (non-hydrogen) atoms. The maximum atomic E-state index is 11.2. The molecule has 1 saturated heterocycles. The summed E-state index contributed by atoms with van der Waals surface area (Å²) in [5, 5.41) is 6.43. The predicted octanol–water partition coefficient (Wildman–Crippen LogP) is 1.95. The number of esters is 1. The van der Waals surface area contributed by atoms with E-state index in [0.29, 0.717) is 25.5 Å². The molecule has 0 aromatic heterocycles. The van der Waals surface area contributed by atoms with Gasteiger partial charge in [0.2, 0.25) is 0 Å². The quantitative estimate of drug-likeness (QED) is 0.158. The fourth-order valence-corrected chi connectivity index (χ4v) is 2.44. The molecule has 1 aliphatic rings. The van der Waals surface area contributed by atoms with Gasteiger partial charge in [-0.15, -0.1) is 24.0 Å². The van der Waals surface area contributed by atoms with Crippen LogP contribution in [0, 0.1) is 5.92 Å². The van der Waals surface area contributed by atoms with Gasteiger partial charge in [-0.1, -0.05) is 0 Å². The van der Waals surface area contributed by atoms with E-state index in [-0.39, 0.29) is 29.9 Å². The Labute approximate surface area is 168 Å². The zero-order valence-corrected chi connectivity index (χ0v) is 17.9. The number of rotatable bonds is 11. The fourth-order valence-electron chi connectivity index (χ4n) is 2.44. The lowest BCUT2D eigenvalue weighted by Gasteiger charge is -2.21. The number of nitrogens with one attached hydrogen (secondary N) is 2. The van der Waals surface area contributed by atoms with Gasteiger partial charge in [0.05, 0.1) is 6.61 Å². The molecule has 0 amide bonds. The maximum Gasteiger partial charge on any atom is 0.305 e. The van der Waals surface area contributed by atoms with E-state index in [1.165, 1.54) is 0 Å². The molecular weight excluding hydrogens is 437 g/mol. The van der Waals surface area contributed by atoms with Crippen LogP contribution in [0.1, 0.15) is 39.0 Å². The summed E-state index contributed by atoms with van der Waals surface area (Å²) in [6.07, 6.45) is 4.32. The molecule has 0 radical (unpaired) electrons. The van der Waals surface area contributed by atoms with Crippen LogP contribution in [0.25, 0.3) is 0 Å². The highest BCUT2D eigenvalue weighted by Crippen LogP contribution is 2.14. The third kappa shape index (κ3) is 13.3. The minimum Gasteiger partial charge on any atom is -0.466 e. The van der Waals surface area contributed by atoms with Gasteiger partial charge in [-0.3, -0.25) is 9.79 Å². The number of carbonyl (C=O) groups excluding carboxylic acids is 1. The van der Waals surface area contributed by atoms with Crippen LogP contribution in [0.5, 0.6) is 0 Å². The predicted molar refractivity (Wildman–Crippen MR) is 110 cm³/mol. The van der Waals surface area contributed by atoms with Crippen molar-refractivity contribution in [3.63, 3.8) is 0 Å². The third-order valence-corrected chi connectivity index (χ3v) is 3.83. The summed E-state index contributed by atoms with van der Waals surface area (Å²) in [5.74, 6) is 1.26. The zero-order valence-electron chi connectivity index (χ0n) is 15.6. The second-order valence-electron chi connectivity index (χ2n) is 5.82. The van der Waals surface area contributed by atoms with Gasteiger partial charge in [0, 0.05) is 53.0 Å². The van der Waals surface area contributed by atoms with E-state index in [1.807, 2.05) is 6.92 Å². The van der Waals surface area contributed by atoms with Crippen molar-refractivity contribution in [1.29, 1.82) is 0 Å². The number of nitrogens with zero attached hydrogens (tertiary/aromatic N) is 1. The molecular formula is C17H34IN3O4. The van der Waals surface area contributed by atoms with Gasteiger partial charge >= 0.3 is 5.97 Å². The van der Waals surface area contributed by atoms with Crippen molar-refractivity contribution >= 4 is 35.9 Å². The van der Waals surface area contributed by atoms with Crippen LogP contribution in [-0.4, -0.2) is 65.1 Å². The minimum atomic E-state index is -0.149. The van der Waals surface area contributed by atoms with Crippen LogP contribution < -0.4 is 10.6 Å². The van der Waals surface area contributed by atoms with Gasteiger partial charge in [0.15, 0.2) is 5.96 Å². The molecule has 0 aromatic rings. The smallest absolute Gasteiger partial charge is 0.305 e. The van der Waals surface area contributed by atoms with E-state index in [2.05, 4.69) is 15.6 Å². The molecule has 0 atom stereocenters. The standard InChI is InChI=1S/C17H33N3O4.HI/c1-3-24-16(21)6-4-9-19-17(18-2)20-10-5-11-23-14-15-7-12-22-13-8-15;/h15H,3-14H2,1-2H3,(H2,18,19,20);1H. The van der Waals surface area contributed by atoms with Gasteiger partial charge in [-0.05, 0) is 38.5 Å². The van der Waals surface area contributed by atoms with E-state index in [0.717, 1.165) is 64.6 Å². The molecule has 7 nitrogen and oxygen atoms in total. The van der Waals surface area contributed by atoms with E-state index in [9.17, 15) is 4.79 Å². The molecule has 0 aromatic carbocycles. The Hall–Kier alpha value is -0.610. The Morgan fingerprint density at radius 2 is 1.88 bits per heavy atom. The molecule has 1 aliphatic heterocycles. The van der Waals surface area contributed by atoms with Crippen molar-refractivity contribution in [3.8, 4) is 0 Å². The van der Waals surface area contributed by atoms with Crippen molar-refractivity contribution in [3.05, 3.63) is 0 Å². The first-order valence-corrected chi connectivity index (χ1v) is 9.01. The van der Waals surface area contributed by atoms with Crippen molar-refractivity contribution in [2.24, 2.45) is 10.9 Å². The molecule has 8 heteroatoms. The van der Waals surface area contributed by atoms with E-state index < -0.39 is 0 Å². The van der Waals surface area contributed by atoms with Crippen molar-refractivity contribution in [1.82, 2.24) is 10.6 Å². The SMILES string of the molecule is CCOC(=O)CCCNC(=NC)NCCCOCC1CCOCC1.I. The lowest BCUT2D eigenvalue weighted by Crippen LogP contribution is -2.38. The van der Waals surface area contributed by atoms with E-state index in [4.69, 9.17) is 14.2 Å². The largest absolute Gasteiger partial charge is 0.466 e. The molecule has 148 valence electrons. The summed E-state index contributed by atoms with van der Waals surface area (Å²) in [7, 11) is 1.74. The summed E-state index contributed by atoms with van der Waals surface area (Å²) in [4.78, 5) is 15.4. The Bertz CT molecular complexity index is 364. The molecule has 1 rings (SSSR count). The molecule has 0 aliphatic carbocycles. The summed E-state index contributed by atoms with van der Waals surface area (Å²) in [5.41, 5.74) is 0. The minimum absolute atomic E-state index is 0. The van der Waals surface area contributed by atoms with Crippen LogP contribution in [0.15, 0.2) is 4.99 Å². The molecule has 1 fully saturated rings. The van der Waals surface area contributed by atoms with Crippen LogP contribution in [0.2, 0.25) is 0 Å². The fraction of sp³-hybridized carbons (Fsp3) is 0.882. The summed E-state index contributed by atoms with van der Waals surface area (Å²) in [6.45, 7) is 7.08. The van der Waals surface area contributed by atoms with Gasteiger partial charge in [-0.25, -0.2) is 0 Å². The number of hydrogen-bond donors (Lipinski definition) is 2. The molecule has 0 unspecified atom stereocenters. The topological polar surface area (TPSA) is 81.2 Å². The van der Waals surface area contributed by atoms with Crippen LogP contribution >= 0.6 is 24.0 Å². The lowest BCUT2D eigenvalue weighted by molar-refractivity contribution is -0.143. The van der Waals surface area contributed by atoms with Crippen LogP contribution in [0.3, 0.4) is 0 Å². The monoisotopic (exact) mass is 471 g/mol. The molecule has 1 heterocycles. The Morgan fingerprint density at radius 3 is 2.52 bits per heavy atom. The van der Waals surface area contributed by atoms with Gasteiger partial charge in [-0.2, -0.15) is 0 Å². The normalized spacial score (nSPS) is 15.4.